The second-order valence-electron chi connectivity index (χ2n) is 4.78. The zero-order valence-corrected chi connectivity index (χ0v) is 12.0. The van der Waals surface area contributed by atoms with Gasteiger partial charge in [-0.05, 0) is 24.3 Å². The lowest BCUT2D eigenvalue weighted by Crippen LogP contribution is -2.31. The smallest absolute Gasteiger partial charge is 0.267 e. The fraction of sp³-hybridized carbons (Fsp3) is 0.176. The van der Waals surface area contributed by atoms with Crippen molar-refractivity contribution in [2.24, 2.45) is 0 Å². The zero-order valence-electron chi connectivity index (χ0n) is 12.0. The summed E-state index contributed by atoms with van der Waals surface area (Å²) in [6.45, 7) is 0. The highest BCUT2D eigenvalue weighted by molar-refractivity contribution is 5.82. The van der Waals surface area contributed by atoms with Crippen molar-refractivity contribution in [3.05, 3.63) is 65.7 Å². The van der Waals surface area contributed by atoms with Crippen LogP contribution in [0.3, 0.4) is 0 Å². The van der Waals surface area contributed by atoms with Gasteiger partial charge in [-0.3, -0.25) is 4.79 Å². The predicted molar refractivity (Wildman–Crippen MR) is 79.7 cm³/mol. The first-order chi connectivity index (χ1) is 10.1. The van der Waals surface area contributed by atoms with Gasteiger partial charge in [0.2, 0.25) is 6.10 Å². The minimum absolute atomic E-state index is 0.134. The molecular formula is C17H16N2O2. The van der Waals surface area contributed by atoms with Crippen molar-refractivity contribution in [2.45, 2.75) is 6.10 Å². The van der Waals surface area contributed by atoms with Crippen LogP contribution in [0.5, 0.6) is 5.75 Å². The van der Waals surface area contributed by atoms with E-state index in [-0.39, 0.29) is 5.91 Å². The highest BCUT2D eigenvalue weighted by Crippen LogP contribution is 2.23. The molecule has 1 amide bonds. The lowest BCUT2D eigenvalue weighted by atomic mass is 10.1. The summed E-state index contributed by atoms with van der Waals surface area (Å²) in [6, 6.07) is 18.1. The molecule has 0 spiro atoms. The van der Waals surface area contributed by atoms with Gasteiger partial charge in [0.25, 0.3) is 5.91 Å². The first kappa shape index (κ1) is 14.6. The van der Waals surface area contributed by atoms with Crippen LogP contribution >= 0.6 is 0 Å². The molecule has 0 saturated heterocycles. The molecular weight excluding hydrogens is 264 g/mol. The number of benzene rings is 2. The molecule has 0 unspecified atom stereocenters. The van der Waals surface area contributed by atoms with Crippen molar-refractivity contribution in [3.8, 4) is 11.8 Å². The fourth-order valence-corrected chi connectivity index (χ4v) is 1.87. The zero-order chi connectivity index (χ0) is 15.2. The molecule has 0 radical (unpaired) electrons. The molecule has 0 fully saturated rings. The highest BCUT2D eigenvalue weighted by Gasteiger charge is 2.24. The molecule has 0 heterocycles. The van der Waals surface area contributed by atoms with Crippen molar-refractivity contribution in [1.82, 2.24) is 4.90 Å². The van der Waals surface area contributed by atoms with Gasteiger partial charge >= 0.3 is 0 Å². The highest BCUT2D eigenvalue weighted by atomic mass is 16.5. The Bertz CT molecular complexity index is 643. The number of hydrogen-bond donors (Lipinski definition) is 0. The molecule has 0 N–H and O–H groups in total. The van der Waals surface area contributed by atoms with E-state index in [0.717, 1.165) is 5.56 Å². The van der Waals surface area contributed by atoms with Crippen LogP contribution in [0.2, 0.25) is 0 Å². The molecule has 0 aromatic heterocycles. The number of ether oxygens (including phenoxy) is 1. The van der Waals surface area contributed by atoms with Crippen LogP contribution in [0.25, 0.3) is 0 Å². The quantitative estimate of drug-likeness (QED) is 0.865. The van der Waals surface area contributed by atoms with Crippen LogP contribution in [-0.4, -0.2) is 24.9 Å². The van der Waals surface area contributed by atoms with Crippen molar-refractivity contribution in [2.75, 3.05) is 14.1 Å². The van der Waals surface area contributed by atoms with Gasteiger partial charge in [-0.1, -0.05) is 30.3 Å². The molecule has 1 atom stereocenters. The van der Waals surface area contributed by atoms with Gasteiger partial charge in [-0.15, -0.1) is 0 Å². The second-order valence-corrected chi connectivity index (χ2v) is 4.78. The first-order valence-electron chi connectivity index (χ1n) is 6.54. The van der Waals surface area contributed by atoms with Gasteiger partial charge in [-0.25, -0.2) is 0 Å². The van der Waals surface area contributed by atoms with Gasteiger partial charge in [0.05, 0.1) is 11.6 Å². The van der Waals surface area contributed by atoms with Crippen LogP contribution in [0, 0.1) is 11.3 Å². The number of likely N-dealkylation sites (N-methyl/N-ethyl adjacent to an activating group) is 1. The number of amides is 1. The summed E-state index contributed by atoms with van der Waals surface area (Å²) in [4.78, 5) is 13.8. The Morgan fingerprint density at radius 1 is 1.10 bits per heavy atom. The number of nitrogens with zero attached hydrogens (tertiary/aromatic N) is 2. The van der Waals surface area contributed by atoms with E-state index in [2.05, 4.69) is 0 Å². The monoisotopic (exact) mass is 280 g/mol. The van der Waals surface area contributed by atoms with Crippen molar-refractivity contribution in [1.29, 1.82) is 5.26 Å². The topological polar surface area (TPSA) is 53.3 Å². The molecule has 0 bridgehead atoms. The van der Waals surface area contributed by atoms with Crippen molar-refractivity contribution < 1.29 is 9.53 Å². The lowest BCUT2D eigenvalue weighted by Gasteiger charge is -2.22. The molecule has 2 aromatic carbocycles. The third-order valence-corrected chi connectivity index (χ3v) is 3.00. The molecule has 2 rings (SSSR count). The predicted octanol–water partition coefficient (Wildman–Crippen LogP) is 2.77. The Morgan fingerprint density at radius 3 is 2.24 bits per heavy atom. The second kappa shape index (κ2) is 6.58. The van der Waals surface area contributed by atoms with Crippen LogP contribution in [0.15, 0.2) is 54.6 Å². The molecule has 0 aliphatic heterocycles. The third-order valence-electron chi connectivity index (χ3n) is 3.00. The maximum absolute atomic E-state index is 12.3. The number of carbonyl (C=O) groups is 1. The summed E-state index contributed by atoms with van der Waals surface area (Å²) in [7, 11) is 3.39. The number of carbonyl (C=O) groups excluding carboxylic acids is 1. The SMILES string of the molecule is CN(C)C(=O)[C@@H](Oc1ccc(C#N)cc1)c1ccccc1. The van der Waals surface area contributed by atoms with Crippen molar-refractivity contribution >= 4 is 5.91 Å². The maximum atomic E-state index is 12.3. The van der Waals surface area contributed by atoms with E-state index >= 15 is 0 Å². The Balaban J connectivity index is 2.28. The normalized spacial score (nSPS) is 11.3. The van der Waals surface area contributed by atoms with E-state index in [1.165, 1.54) is 4.90 Å². The summed E-state index contributed by atoms with van der Waals surface area (Å²) in [5.74, 6) is 0.420. The minimum atomic E-state index is -0.700. The summed E-state index contributed by atoms with van der Waals surface area (Å²) < 4.78 is 5.82. The number of rotatable bonds is 4. The van der Waals surface area contributed by atoms with Gasteiger partial charge in [0.1, 0.15) is 5.75 Å². The average Bonchev–Trinajstić information content (AvgIpc) is 2.53. The van der Waals surface area contributed by atoms with E-state index in [9.17, 15) is 4.79 Å². The van der Waals surface area contributed by atoms with Crippen LogP contribution in [-0.2, 0) is 4.79 Å². The molecule has 0 saturated carbocycles. The number of hydrogen-bond acceptors (Lipinski definition) is 3. The Morgan fingerprint density at radius 2 is 1.71 bits per heavy atom. The summed E-state index contributed by atoms with van der Waals surface area (Å²) in [6.07, 6.45) is -0.700. The van der Waals surface area contributed by atoms with E-state index in [4.69, 9.17) is 10.00 Å². The van der Waals surface area contributed by atoms with Gasteiger partial charge in [0.15, 0.2) is 0 Å². The largest absolute Gasteiger partial charge is 0.476 e. The fourth-order valence-electron chi connectivity index (χ4n) is 1.87. The Hall–Kier alpha value is -2.80. The molecule has 106 valence electrons. The maximum Gasteiger partial charge on any atom is 0.267 e. The van der Waals surface area contributed by atoms with Crippen LogP contribution in [0.4, 0.5) is 0 Å². The lowest BCUT2D eigenvalue weighted by molar-refractivity contribution is -0.136. The summed E-state index contributed by atoms with van der Waals surface area (Å²) in [5, 5.41) is 8.80. The molecule has 2 aromatic rings. The average molecular weight is 280 g/mol. The molecule has 4 nitrogen and oxygen atoms in total. The van der Waals surface area contributed by atoms with E-state index in [1.54, 1.807) is 38.4 Å². The third kappa shape index (κ3) is 3.61. The summed E-state index contributed by atoms with van der Waals surface area (Å²) in [5.41, 5.74) is 1.35. The molecule has 21 heavy (non-hydrogen) atoms. The van der Waals surface area contributed by atoms with Crippen LogP contribution in [0.1, 0.15) is 17.2 Å². The molecule has 0 aliphatic carbocycles. The van der Waals surface area contributed by atoms with Gasteiger partial charge < -0.3 is 9.64 Å². The number of nitriles is 1. The van der Waals surface area contributed by atoms with Crippen molar-refractivity contribution in [3.63, 3.8) is 0 Å². The molecule has 4 heteroatoms. The van der Waals surface area contributed by atoms with E-state index < -0.39 is 6.10 Å². The van der Waals surface area contributed by atoms with Gasteiger partial charge in [0, 0.05) is 19.7 Å². The minimum Gasteiger partial charge on any atom is -0.476 e. The standard InChI is InChI=1S/C17H16N2O2/c1-19(2)17(20)16(14-6-4-3-5-7-14)21-15-10-8-13(12-18)9-11-15/h3-11,16H,1-2H3/t16-/m0/s1. The Kier molecular flexibility index (Phi) is 4.57. The van der Waals surface area contributed by atoms with Crippen LogP contribution < -0.4 is 4.74 Å². The van der Waals surface area contributed by atoms with Gasteiger partial charge in [-0.2, -0.15) is 5.26 Å². The van der Waals surface area contributed by atoms with E-state index in [1.807, 2.05) is 36.4 Å². The molecule has 0 aliphatic rings. The van der Waals surface area contributed by atoms with E-state index in [0.29, 0.717) is 11.3 Å². The summed E-state index contributed by atoms with van der Waals surface area (Å²) >= 11 is 0. The first-order valence-corrected chi connectivity index (χ1v) is 6.54. The Labute approximate surface area is 124 Å².